The number of carbonyl (C=O) groups excluding carboxylic acids is 1. The molecule has 188 valence electrons. The predicted molar refractivity (Wildman–Crippen MR) is 102 cm³/mol. The van der Waals surface area contributed by atoms with Gasteiger partial charge in [-0.3, -0.25) is 0 Å². The maximum atomic E-state index is 13.4. The molecule has 1 aliphatic heterocycles. The zero-order chi connectivity index (χ0) is 25.3. The lowest BCUT2D eigenvalue weighted by Crippen LogP contribution is -2.41. The van der Waals surface area contributed by atoms with E-state index < -0.39 is 67.5 Å². The average molecular weight is 533 g/mol. The third-order valence-corrected chi connectivity index (χ3v) is 6.01. The summed E-state index contributed by atoms with van der Waals surface area (Å²) in [7, 11) is -10.2. The molecule has 0 saturated heterocycles. The molecule has 0 aliphatic carbocycles. The van der Waals surface area contributed by atoms with Gasteiger partial charge in [0, 0.05) is 17.1 Å². The fourth-order valence-electron chi connectivity index (χ4n) is 2.64. The second-order valence-electron chi connectivity index (χ2n) is 6.57. The monoisotopic (exact) mass is 533 g/mol. The van der Waals surface area contributed by atoms with Crippen LogP contribution >= 0.6 is 22.0 Å². The molecule has 1 aromatic rings. The fraction of sp³-hybridized carbons (Fsp3) is 0.438. The van der Waals surface area contributed by atoms with Gasteiger partial charge in [-0.25, -0.2) is 4.79 Å². The van der Waals surface area contributed by atoms with E-state index in [1.807, 2.05) is 0 Å². The van der Waals surface area contributed by atoms with Crippen molar-refractivity contribution in [1.29, 1.82) is 0 Å². The summed E-state index contributed by atoms with van der Waals surface area (Å²) in [5.41, 5.74) is -2.66. The number of hydrogen-bond donors (Lipinski definition) is 0. The summed E-state index contributed by atoms with van der Waals surface area (Å²) in [6.07, 6.45) is -7.71. The van der Waals surface area contributed by atoms with Gasteiger partial charge in [0.2, 0.25) is 6.10 Å². The van der Waals surface area contributed by atoms with Crippen molar-refractivity contribution >= 4 is 34.0 Å². The Morgan fingerprint density at radius 2 is 1.79 bits per heavy atom. The molecule has 2 rings (SSSR count). The number of aryl methyl sites for hydroxylation is 1. The van der Waals surface area contributed by atoms with E-state index >= 15 is 0 Å². The second-order valence-corrected chi connectivity index (χ2v) is 10.2. The van der Waals surface area contributed by atoms with Crippen LogP contribution in [0.15, 0.2) is 22.6 Å². The standard InChI is InChI=1S/C16H15F8NO6S2/c1-9-6-11(33(20,21,22,23)24)7-10-8-12(14(16(17,18)19)31-13(9)10)15(26)29-2-4-32-5-3-30-25(27)28/h6-8,14H,2-5H2,1H3/t14-/m0/s1. The van der Waals surface area contributed by atoms with Gasteiger partial charge in [0.15, 0.2) is 0 Å². The van der Waals surface area contributed by atoms with Gasteiger partial charge >= 0.3 is 22.4 Å². The Hall–Kier alpha value is -2.43. The summed E-state index contributed by atoms with van der Waals surface area (Å²) < 4.78 is 116. The topological polar surface area (TPSA) is 87.9 Å². The highest BCUT2D eigenvalue weighted by atomic mass is 32.5. The number of esters is 1. The van der Waals surface area contributed by atoms with E-state index in [1.165, 1.54) is 0 Å². The lowest BCUT2D eigenvalue weighted by atomic mass is 9.99. The number of thioether (sulfide) groups is 1. The number of nitrogens with zero attached hydrogens (tertiary/aromatic N) is 1. The maximum Gasteiger partial charge on any atom is 0.430 e. The number of rotatable bonds is 9. The number of carbonyl (C=O) groups is 1. The van der Waals surface area contributed by atoms with E-state index in [0.717, 1.165) is 18.7 Å². The Balaban J connectivity index is 2.27. The van der Waals surface area contributed by atoms with Crippen molar-refractivity contribution in [2.75, 3.05) is 24.7 Å². The van der Waals surface area contributed by atoms with Gasteiger partial charge in [-0.1, -0.05) is 19.4 Å². The highest BCUT2D eigenvalue weighted by Gasteiger charge is 2.65. The van der Waals surface area contributed by atoms with Crippen LogP contribution in [0.5, 0.6) is 5.75 Å². The number of ether oxygens (including phenoxy) is 2. The molecule has 0 saturated carbocycles. The van der Waals surface area contributed by atoms with Crippen molar-refractivity contribution in [2.45, 2.75) is 24.1 Å². The van der Waals surface area contributed by atoms with Crippen molar-refractivity contribution in [1.82, 2.24) is 0 Å². The van der Waals surface area contributed by atoms with Crippen LogP contribution in [0.1, 0.15) is 11.1 Å². The van der Waals surface area contributed by atoms with Crippen molar-refractivity contribution in [2.24, 2.45) is 0 Å². The molecule has 7 nitrogen and oxygen atoms in total. The molecule has 0 bridgehead atoms. The van der Waals surface area contributed by atoms with Gasteiger partial charge in [0.05, 0.1) is 5.57 Å². The normalized spacial score (nSPS) is 18.2. The van der Waals surface area contributed by atoms with Gasteiger partial charge in [0.1, 0.15) is 23.9 Å². The van der Waals surface area contributed by atoms with E-state index in [0.29, 0.717) is 6.08 Å². The summed E-state index contributed by atoms with van der Waals surface area (Å²) in [5, 5.41) is 8.94. The highest BCUT2D eigenvalue weighted by molar-refractivity contribution is 8.45. The Labute approximate surface area is 184 Å². The summed E-state index contributed by atoms with van der Waals surface area (Å²) in [6.45, 7) is 0.114. The Morgan fingerprint density at radius 1 is 1.18 bits per heavy atom. The van der Waals surface area contributed by atoms with E-state index in [1.54, 1.807) is 0 Å². The Bertz CT molecular complexity index is 981. The van der Waals surface area contributed by atoms with Crippen molar-refractivity contribution in [3.05, 3.63) is 38.9 Å². The average Bonchev–Trinajstić information content (AvgIpc) is 2.63. The van der Waals surface area contributed by atoms with Gasteiger partial charge in [0.25, 0.3) is 5.09 Å². The Kier molecular flexibility index (Phi) is 6.84. The molecule has 1 atom stereocenters. The van der Waals surface area contributed by atoms with Crippen molar-refractivity contribution in [3.8, 4) is 5.75 Å². The molecule has 1 heterocycles. The zero-order valence-corrected chi connectivity index (χ0v) is 18.0. The summed E-state index contributed by atoms with van der Waals surface area (Å²) in [5.74, 6) is -2.22. The fourth-order valence-corrected chi connectivity index (χ4v) is 3.99. The number of fused-ring (bicyclic) bond motifs is 1. The molecule has 0 unspecified atom stereocenters. The smallest absolute Gasteiger partial charge is 0.430 e. The van der Waals surface area contributed by atoms with E-state index in [-0.39, 0.29) is 30.2 Å². The third kappa shape index (κ3) is 7.28. The molecule has 0 N–H and O–H groups in total. The van der Waals surface area contributed by atoms with Gasteiger partial charge < -0.3 is 14.3 Å². The summed E-state index contributed by atoms with van der Waals surface area (Å²) in [6, 6.07) is -0.111. The van der Waals surface area contributed by atoms with Crippen LogP contribution in [-0.4, -0.2) is 48.1 Å². The van der Waals surface area contributed by atoms with Crippen LogP contribution in [0.3, 0.4) is 0 Å². The molecule has 1 aliphatic rings. The minimum Gasteiger partial charge on any atom is -0.475 e. The van der Waals surface area contributed by atoms with Gasteiger partial charge in [-0.05, 0) is 30.7 Å². The first-order valence-corrected chi connectivity index (χ1v) is 11.8. The van der Waals surface area contributed by atoms with E-state index in [2.05, 4.69) is 9.57 Å². The first-order chi connectivity index (χ1) is 14.8. The Morgan fingerprint density at radius 3 is 2.33 bits per heavy atom. The molecule has 33 heavy (non-hydrogen) atoms. The molecule has 0 amide bonds. The third-order valence-electron chi connectivity index (χ3n) is 3.97. The molecule has 1 aromatic carbocycles. The predicted octanol–water partition coefficient (Wildman–Crippen LogP) is 5.84. The minimum absolute atomic E-state index is 0.00168. The number of hydrogen-bond acceptors (Lipinski definition) is 7. The molecular formula is C16H15F8NO6S2. The van der Waals surface area contributed by atoms with Crippen LogP contribution < -0.4 is 4.74 Å². The summed E-state index contributed by atoms with van der Waals surface area (Å²) in [4.78, 5) is 23.8. The zero-order valence-electron chi connectivity index (χ0n) is 16.4. The van der Waals surface area contributed by atoms with Crippen LogP contribution in [-0.2, 0) is 14.4 Å². The molecular weight excluding hydrogens is 518 g/mol. The van der Waals surface area contributed by atoms with Crippen LogP contribution in [0, 0.1) is 17.0 Å². The first-order valence-electron chi connectivity index (χ1n) is 8.65. The molecule has 17 heteroatoms. The highest BCUT2D eigenvalue weighted by Crippen LogP contribution is 3.02. The maximum absolute atomic E-state index is 13.4. The molecule has 0 aromatic heterocycles. The molecule has 0 fully saturated rings. The summed E-state index contributed by atoms with van der Waals surface area (Å²) >= 11 is 1.00. The van der Waals surface area contributed by atoms with Gasteiger partial charge in [-0.15, -0.1) is 10.1 Å². The van der Waals surface area contributed by atoms with Crippen LogP contribution in [0.2, 0.25) is 0 Å². The van der Waals surface area contributed by atoms with Crippen LogP contribution in [0.4, 0.5) is 32.6 Å². The number of alkyl halides is 3. The van der Waals surface area contributed by atoms with Gasteiger partial charge in [-0.2, -0.15) is 24.9 Å². The largest absolute Gasteiger partial charge is 0.475 e. The van der Waals surface area contributed by atoms with E-state index in [4.69, 9.17) is 4.74 Å². The number of halogens is 8. The SMILES string of the molecule is Cc1cc(S(F)(F)(F)(F)F)cc2c1O[C@H](C(F)(F)F)C(C(=O)OCCSCCO[N+](=O)[O-])=C2. The quantitative estimate of drug-likeness (QED) is 0.130. The lowest BCUT2D eigenvalue weighted by Gasteiger charge is -2.41. The minimum atomic E-state index is -10.2. The van der Waals surface area contributed by atoms with E-state index in [9.17, 15) is 47.5 Å². The first kappa shape index (κ1) is 26.8. The van der Waals surface area contributed by atoms with Crippen LogP contribution in [0.25, 0.3) is 6.08 Å². The number of benzene rings is 1. The molecule has 0 spiro atoms. The second kappa shape index (κ2) is 8.41. The van der Waals surface area contributed by atoms with Crippen molar-refractivity contribution < 1.29 is 56.8 Å². The van der Waals surface area contributed by atoms with Crippen molar-refractivity contribution in [3.63, 3.8) is 0 Å². The molecule has 0 radical (unpaired) electrons. The lowest BCUT2D eigenvalue weighted by molar-refractivity contribution is -0.756.